The molecule has 1 atom stereocenters. The lowest BCUT2D eigenvalue weighted by Crippen LogP contribution is -2.35. The van der Waals surface area contributed by atoms with Crippen molar-refractivity contribution in [1.29, 1.82) is 0 Å². The molecule has 0 fully saturated rings. The van der Waals surface area contributed by atoms with Crippen molar-refractivity contribution in [1.82, 2.24) is 9.88 Å². The quantitative estimate of drug-likeness (QED) is 0.195. The van der Waals surface area contributed by atoms with E-state index in [0.717, 1.165) is 35.3 Å². The molecule has 2 aliphatic rings. The Labute approximate surface area is 319 Å². The Balaban J connectivity index is 1.02. The first-order valence-electron chi connectivity index (χ1n) is 19.1. The number of aliphatic imine (C=N–C) groups is 2. The Morgan fingerprint density at radius 1 is 0.491 bits per heavy atom. The van der Waals surface area contributed by atoms with Crippen LogP contribution in [0.1, 0.15) is 28.6 Å². The number of amidine groups is 1. The van der Waals surface area contributed by atoms with E-state index in [2.05, 4.69) is 180 Å². The van der Waals surface area contributed by atoms with Crippen LogP contribution < -0.4 is 5.32 Å². The molecule has 9 aromatic rings. The highest BCUT2D eigenvalue weighted by atomic mass is 15.3. The van der Waals surface area contributed by atoms with Crippen molar-refractivity contribution in [2.45, 2.75) is 19.0 Å². The first kappa shape index (κ1) is 31.5. The number of nitrogens with one attached hydrogen (secondary N) is 1. The number of aromatic nitrogens is 1. The average molecular weight is 705 g/mol. The number of para-hydroxylation sites is 1. The molecule has 1 N–H and O–H groups in total. The van der Waals surface area contributed by atoms with E-state index in [-0.39, 0.29) is 6.17 Å². The van der Waals surface area contributed by atoms with E-state index < -0.39 is 0 Å². The lowest BCUT2D eigenvalue weighted by atomic mass is 9.86. The van der Waals surface area contributed by atoms with Gasteiger partial charge in [-0.05, 0) is 97.6 Å². The smallest absolute Gasteiger partial charge is 0.234 e. The third-order valence-corrected chi connectivity index (χ3v) is 11.3. The summed E-state index contributed by atoms with van der Waals surface area (Å²) in [6, 6.07) is 65.5. The summed E-state index contributed by atoms with van der Waals surface area (Å²) in [5.74, 6) is 1.53. The molecule has 4 nitrogen and oxygen atoms in total. The van der Waals surface area contributed by atoms with Crippen molar-refractivity contribution >= 4 is 44.2 Å². The van der Waals surface area contributed by atoms with Crippen LogP contribution >= 0.6 is 0 Å². The fourth-order valence-corrected chi connectivity index (χ4v) is 8.67. The maximum Gasteiger partial charge on any atom is 0.234 e. The van der Waals surface area contributed by atoms with E-state index in [1.807, 2.05) is 12.1 Å². The standard InChI is InChI=1S/C51H36N4/c1-3-13-35(14-4-1)49-52-50(36-15-5-2-6-16-36)54-51(53-49)55-46-21-10-9-19-44(46)48-45-32-40(23-22-34(45)28-29-47(48)55)38-24-25-39-31-41(27-26-37(39)30-38)43-20-11-17-33-12-7-8-18-42(33)43/h1-27,30-32,49H,28-29H2,(H,52,53,54). The van der Waals surface area contributed by atoms with Gasteiger partial charge in [-0.2, -0.15) is 4.99 Å². The second-order valence-electron chi connectivity index (χ2n) is 14.6. The zero-order chi connectivity index (χ0) is 36.3. The molecule has 0 saturated heterocycles. The minimum absolute atomic E-state index is 0.265. The fourth-order valence-electron chi connectivity index (χ4n) is 8.67. The summed E-state index contributed by atoms with van der Waals surface area (Å²) in [6.07, 6.45) is 1.60. The predicted molar refractivity (Wildman–Crippen MR) is 229 cm³/mol. The number of hydrogen-bond donors (Lipinski definition) is 1. The molecule has 1 aromatic heterocycles. The Bertz CT molecular complexity index is 3000. The van der Waals surface area contributed by atoms with Crippen LogP contribution in [0.15, 0.2) is 192 Å². The van der Waals surface area contributed by atoms with Crippen LogP contribution in [0.3, 0.4) is 0 Å². The average Bonchev–Trinajstić information content (AvgIpc) is 3.61. The summed E-state index contributed by atoms with van der Waals surface area (Å²) in [5, 5.41) is 9.87. The van der Waals surface area contributed by atoms with E-state index in [4.69, 9.17) is 9.98 Å². The monoisotopic (exact) mass is 704 g/mol. The molecular weight excluding hydrogens is 669 g/mol. The number of benzene rings is 8. The van der Waals surface area contributed by atoms with Gasteiger partial charge in [0.2, 0.25) is 5.96 Å². The predicted octanol–water partition coefficient (Wildman–Crippen LogP) is 12.0. The van der Waals surface area contributed by atoms with Crippen molar-refractivity contribution < 1.29 is 0 Å². The Morgan fingerprint density at radius 3 is 2.02 bits per heavy atom. The van der Waals surface area contributed by atoms with Crippen molar-refractivity contribution in [3.05, 3.63) is 204 Å². The molecule has 260 valence electrons. The lowest BCUT2D eigenvalue weighted by molar-refractivity contribution is 0.666. The highest BCUT2D eigenvalue weighted by Crippen LogP contribution is 2.43. The summed E-state index contributed by atoms with van der Waals surface area (Å²) in [7, 11) is 0. The lowest BCUT2D eigenvalue weighted by Gasteiger charge is -2.25. The van der Waals surface area contributed by atoms with Crippen molar-refractivity contribution in [3.63, 3.8) is 0 Å². The van der Waals surface area contributed by atoms with Crippen LogP contribution in [0.4, 0.5) is 0 Å². The number of hydrogen-bond acceptors (Lipinski definition) is 3. The molecule has 0 spiro atoms. The molecule has 2 heterocycles. The van der Waals surface area contributed by atoms with Crippen LogP contribution in [-0.2, 0) is 12.8 Å². The summed E-state index contributed by atoms with van der Waals surface area (Å²) in [4.78, 5) is 10.5. The van der Waals surface area contributed by atoms with Crippen LogP contribution in [0.2, 0.25) is 0 Å². The van der Waals surface area contributed by atoms with Crippen LogP contribution in [0.25, 0.3) is 65.8 Å². The molecule has 0 bridgehead atoms. The first-order chi connectivity index (χ1) is 27.2. The molecule has 0 amide bonds. The zero-order valence-electron chi connectivity index (χ0n) is 30.2. The molecule has 1 unspecified atom stereocenters. The Hall–Kier alpha value is -7.04. The third-order valence-electron chi connectivity index (χ3n) is 11.3. The molecular formula is C51H36N4. The molecule has 0 radical (unpaired) electrons. The van der Waals surface area contributed by atoms with Gasteiger partial charge in [0, 0.05) is 22.2 Å². The van der Waals surface area contributed by atoms with Gasteiger partial charge < -0.3 is 5.32 Å². The van der Waals surface area contributed by atoms with Crippen LogP contribution in [0, 0.1) is 0 Å². The normalized spacial score (nSPS) is 14.9. The van der Waals surface area contributed by atoms with E-state index >= 15 is 0 Å². The first-order valence-corrected chi connectivity index (χ1v) is 19.1. The minimum Gasteiger partial charge on any atom is -0.344 e. The topological polar surface area (TPSA) is 41.7 Å². The molecule has 4 heteroatoms. The summed E-state index contributed by atoms with van der Waals surface area (Å²) >= 11 is 0. The van der Waals surface area contributed by atoms with Gasteiger partial charge in [-0.15, -0.1) is 0 Å². The summed E-state index contributed by atoms with van der Waals surface area (Å²) < 4.78 is 2.32. The van der Waals surface area contributed by atoms with Gasteiger partial charge in [0.1, 0.15) is 12.0 Å². The second-order valence-corrected chi connectivity index (χ2v) is 14.6. The van der Waals surface area contributed by atoms with Crippen molar-refractivity contribution in [2.24, 2.45) is 9.98 Å². The summed E-state index contributed by atoms with van der Waals surface area (Å²) in [5.41, 5.74) is 13.4. The van der Waals surface area contributed by atoms with Crippen molar-refractivity contribution in [2.75, 3.05) is 0 Å². The van der Waals surface area contributed by atoms with Crippen LogP contribution in [-0.4, -0.2) is 16.4 Å². The molecule has 11 rings (SSSR count). The maximum atomic E-state index is 5.30. The molecule has 8 aromatic carbocycles. The van der Waals surface area contributed by atoms with Gasteiger partial charge >= 0.3 is 0 Å². The number of rotatable bonds is 4. The number of aryl methyl sites for hydroxylation is 1. The zero-order valence-corrected chi connectivity index (χ0v) is 30.2. The van der Waals surface area contributed by atoms with Crippen molar-refractivity contribution in [3.8, 4) is 33.4 Å². The minimum atomic E-state index is -0.265. The van der Waals surface area contributed by atoms with Gasteiger partial charge in [0.25, 0.3) is 0 Å². The van der Waals surface area contributed by atoms with E-state index in [0.29, 0.717) is 5.96 Å². The SMILES string of the molecule is c1ccc(C2=NC(n3c4c(c5ccccc53)-c3cc(-c5ccc6cc(-c7cccc8ccccc78)ccc6c5)ccc3CC4)=NC(c3ccccc3)N2)cc1. The molecule has 55 heavy (non-hydrogen) atoms. The van der Waals surface area contributed by atoms with Gasteiger partial charge in [0.05, 0.1) is 5.52 Å². The van der Waals surface area contributed by atoms with Gasteiger partial charge in [-0.25, -0.2) is 4.99 Å². The second kappa shape index (κ2) is 12.8. The van der Waals surface area contributed by atoms with E-state index in [9.17, 15) is 0 Å². The van der Waals surface area contributed by atoms with Gasteiger partial charge in [-0.3, -0.25) is 4.57 Å². The highest BCUT2D eigenvalue weighted by molar-refractivity contribution is 6.12. The van der Waals surface area contributed by atoms with E-state index in [1.54, 1.807) is 0 Å². The van der Waals surface area contributed by atoms with Gasteiger partial charge in [-0.1, -0.05) is 158 Å². The third kappa shape index (κ3) is 5.37. The Morgan fingerprint density at radius 2 is 1.16 bits per heavy atom. The fraction of sp³-hybridized carbons (Fsp3) is 0.0588. The molecule has 1 aliphatic carbocycles. The maximum absolute atomic E-state index is 5.30. The Kier molecular flexibility index (Phi) is 7.34. The number of nitrogens with zero attached hydrogens (tertiary/aromatic N) is 3. The van der Waals surface area contributed by atoms with Gasteiger partial charge in [0.15, 0.2) is 0 Å². The largest absolute Gasteiger partial charge is 0.344 e. The summed E-state index contributed by atoms with van der Waals surface area (Å²) in [6.45, 7) is 0. The highest BCUT2D eigenvalue weighted by Gasteiger charge is 2.29. The van der Waals surface area contributed by atoms with Crippen LogP contribution in [0.5, 0.6) is 0 Å². The van der Waals surface area contributed by atoms with E-state index in [1.165, 1.54) is 71.6 Å². The molecule has 1 aliphatic heterocycles. The molecule has 0 saturated carbocycles. The number of fused-ring (bicyclic) bond motifs is 7.